The number of amides is 2. The number of fused-ring (bicyclic) bond motifs is 1. The van der Waals surface area contributed by atoms with E-state index in [9.17, 15) is 9.59 Å². The van der Waals surface area contributed by atoms with Crippen LogP contribution in [0.5, 0.6) is 17.2 Å². The summed E-state index contributed by atoms with van der Waals surface area (Å²) in [5.41, 5.74) is 5.04. The van der Waals surface area contributed by atoms with Crippen molar-refractivity contribution in [3.8, 4) is 17.2 Å². The Balaban J connectivity index is 1.64. The fourth-order valence-electron chi connectivity index (χ4n) is 1.95. The van der Waals surface area contributed by atoms with Gasteiger partial charge in [0.05, 0.1) is 19.6 Å². The van der Waals surface area contributed by atoms with Gasteiger partial charge < -0.3 is 25.3 Å². The van der Waals surface area contributed by atoms with Gasteiger partial charge in [0.25, 0.3) is 0 Å². The number of hydrogen-bond donors (Lipinski definition) is 2. The summed E-state index contributed by atoms with van der Waals surface area (Å²) < 4.78 is 16.0. The zero-order chi connectivity index (χ0) is 15.9. The lowest BCUT2D eigenvalue weighted by molar-refractivity contribution is -0.123. The number of hydrogen-bond acceptors (Lipinski definition) is 6. The van der Waals surface area contributed by atoms with Crippen molar-refractivity contribution in [2.24, 2.45) is 5.73 Å². The number of nitrogens with one attached hydrogen (secondary N) is 1. The monoisotopic (exact) mass is 309 g/mol. The Morgan fingerprint density at radius 2 is 2.09 bits per heavy atom. The van der Waals surface area contributed by atoms with Crippen LogP contribution in [-0.4, -0.2) is 56.8 Å². The van der Waals surface area contributed by atoms with E-state index in [-0.39, 0.29) is 25.8 Å². The Kier molecular flexibility index (Phi) is 5.42. The van der Waals surface area contributed by atoms with Crippen molar-refractivity contribution in [2.45, 2.75) is 0 Å². The largest absolute Gasteiger partial charge is 0.492 e. The summed E-state index contributed by atoms with van der Waals surface area (Å²) in [5, 5.41) is 2.70. The first-order valence-electron chi connectivity index (χ1n) is 6.80. The number of carbonyl (C=O) groups is 2. The van der Waals surface area contributed by atoms with Crippen LogP contribution in [-0.2, 0) is 9.59 Å². The van der Waals surface area contributed by atoms with Gasteiger partial charge in [-0.1, -0.05) is 0 Å². The molecule has 22 heavy (non-hydrogen) atoms. The molecule has 1 heterocycles. The van der Waals surface area contributed by atoms with E-state index in [2.05, 4.69) is 5.32 Å². The molecule has 1 aliphatic heterocycles. The Morgan fingerprint density at radius 3 is 2.86 bits per heavy atom. The Morgan fingerprint density at radius 1 is 1.32 bits per heavy atom. The number of rotatable bonds is 8. The van der Waals surface area contributed by atoms with E-state index in [1.165, 1.54) is 4.90 Å². The molecule has 3 N–H and O–H groups in total. The van der Waals surface area contributed by atoms with Gasteiger partial charge in [0.15, 0.2) is 11.5 Å². The summed E-state index contributed by atoms with van der Waals surface area (Å²) in [6.45, 7) is 1.05. The molecule has 8 nitrogen and oxygen atoms in total. The van der Waals surface area contributed by atoms with Crippen molar-refractivity contribution >= 4 is 11.8 Å². The number of carbonyl (C=O) groups excluding carboxylic acids is 2. The molecule has 0 spiro atoms. The lowest BCUT2D eigenvalue weighted by atomic mass is 10.3. The number of primary amides is 1. The number of nitrogens with zero attached hydrogens (tertiary/aromatic N) is 1. The van der Waals surface area contributed by atoms with Crippen LogP contribution in [0.25, 0.3) is 0 Å². The van der Waals surface area contributed by atoms with Crippen molar-refractivity contribution in [3.63, 3.8) is 0 Å². The van der Waals surface area contributed by atoms with E-state index in [0.29, 0.717) is 30.4 Å². The third kappa shape index (κ3) is 4.81. The van der Waals surface area contributed by atoms with E-state index >= 15 is 0 Å². The van der Waals surface area contributed by atoms with Crippen LogP contribution in [0, 0.1) is 0 Å². The van der Waals surface area contributed by atoms with Crippen LogP contribution in [0.1, 0.15) is 0 Å². The SMILES string of the molecule is CN(CC(N)=O)CC(=O)NCCOc1ccc2c(c1)OCO2. The summed E-state index contributed by atoms with van der Waals surface area (Å²) >= 11 is 0. The standard InChI is InChI=1S/C14H19N3O5/c1-17(7-13(15)18)8-14(19)16-4-5-20-10-2-3-11-12(6-10)22-9-21-11/h2-3,6H,4-5,7-9H2,1H3,(H2,15,18)(H,16,19). The second-order valence-corrected chi connectivity index (χ2v) is 4.85. The maximum absolute atomic E-state index is 11.6. The summed E-state index contributed by atoms with van der Waals surface area (Å²) in [4.78, 5) is 23.8. The fourth-order valence-corrected chi connectivity index (χ4v) is 1.95. The Labute approximate surface area is 128 Å². The maximum atomic E-state index is 11.6. The Bertz CT molecular complexity index is 549. The molecule has 8 heteroatoms. The predicted octanol–water partition coefficient (Wildman–Crippen LogP) is -0.673. The van der Waals surface area contributed by atoms with Crippen LogP contribution in [0.2, 0.25) is 0 Å². The van der Waals surface area contributed by atoms with Gasteiger partial charge in [-0.3, -0.25) is 14.5 Å². The lowest BCUT2D eigenvalue weighted by Crippen LogP contribution is -2.40. The molecular formula is C14H19N3O5. The molecule has 0 atom stereocenters. The van der Waals surface area contributed by atoms with Crippen LogP contribution in [0.4, 0.5) is 0 Å². The zero-order valence-electron chi connectivity index (χ0n) is 12.3. The van der Waals surface area contributed by atoms with Crippen molar-refractivity contribution < 1.29 is 23.8 Å². The smallest absolute Gasteiger partial charge is 0.234 e. The summed E-state index contributed by atoms with van der Waals surface area (Å²) in [6, 6.07) is 5.29. The lowest BCUT2D eigenvalue weighted by Gasteiger charge is -2.14. The van der Waals surface area contributed by atoms with E-state index in [1.54, 1.807) is 25.2 Å². The minimum Gasteiger partial charge on any atom is -0.492 e. The van der Waals surface area contributed by atoms with Gasteiger partial charge in [-0.05, 0) is 19.2 Å². The van der Waals surface area contributed by atoms with Crippen molar-refractivity contribution in [1.29, 1.82) is 0 Å². The number of nitrogens with two attached hydrogens (primary N) is 1. The molecule has 1 aliphatic rings. The summed E-state index contributed by atoms with van der Waals surface area (Å²) in [5.74, 6) is 1.32. The van der Waals surface area contributed by atoms with Crippen molar-refractivity contribution in [2.75, 3.05) is 40.1 Å². The minimum absolute atomic E-state index is 0.0428. The van der Waals surface area contributed by atoms with Gasteiger partial charge in [-0.25, -0.2) is 0 Å². The van der Waals surface area contributed by atoms with E-state index in [4.69, 9.17) is 19.9 Å². The highest BCUT2D eigenvalue weighted by Gasteiger charge is 2.13. The number of ether oxygens (including phenoxy) is 3. The third-order valence-corrected chi connectivity index (χ3v) is 2.88. The highest BCUT2D eigenvalue weighted by molar-refractivity contribution is 5.80. The minimum atomic E-state index is -0.471. The highest BCUT2D eigenvalue weighted by atomic mass is 16.7. The predicted molar refractivity (Wildman–Crippen MR) is 77.8 cm³/mol. The van der Waals surface area contributed by atoms with Crippen LogP contribution in [0.3, 0.4) is 0 Å². The quantitative estimate of drug-likeness (QED) is 0.617. The van der Waals surface area contributed by atoms with Crippen LogP contribution in [0.15, 0.2) is 18.2 Å². The van der Waals surface area contributed by atoms with Crippen LogP contribution < -0.4 is 25.3 Å². The highest BCUT2D eigenvalue weighted by Crippen LogP contribution is 2.34. The third-order valence-electron chi connectivity index (χ3n) is 2.88. The molecule has 0 unspecified atom stereocenters. The van der Waals surface area contributed by atoms with E-state index in [0.717, 1.165) is 0 Å². The molecule has 1 aromatic rings. The normalized spacial score (nSPS) is 12.3. The van der Waals surface area contributed by atoms with Gasteiger partial charge in [-0.15, -0.1) is 0 Å². The van der Waals surface area contributed by atoms with Gasteiger partial charge in [0.1, 0.15) is 12.4 Å². The first kappa shape index (κ1) is 15.9. The molecule has 0 aliphatic carbocycles. The maximum Gasteiger partial charge on any atom is 0.234 e. The van der Waals surface area contributed by atoms with Crippen molar-refractivity contribution in [3.05, 3.63) is 18.2 Å². The average molecular weight is 309 g/mol. The molecule has 0 fully saturated rings. The first-order valence-corrected chi connectivity index (χ1v) is 6.80. The average Bonchev–Trinajstić information content (AvgIpc) is 2.90. The molecule has 2 amide bonds. The van der Waals surface area contributed by atoms with Gasteiger partial charge >= 0.3 is 0 Å². The zero-order valence-corrected chi connectivity index (χ0v) is 12.3. The molecule has 0 aromatic heterocycles. The molecule has 0 saturated carbocycles. The second-order valence-electron chi connectivity index (χ2n) is 4.85. The molecule has 0 radical (unpaired) electrons. The van der Waals surface area contributed by atoms with Gasteiger partial charge in [0, 0.05) is 6.07 Å². The summed E-state index contributed by atoms with van der Waals surface area (Å²) in [7, 11) is 1.65. The number of benzene rings is 1. The Hall–Kier alpha value is -2.48. The first-order chi connectivity index (χ1) is 10.5. The van der Waals surface area contributed by atoms with E-state index in [1.807, 2.05) is 0 Å². The van der Waals surface area contributed by atoms with Gasteiger partial charge in [0.2, 0.25) is 18.6 Å². The topological polar surface area (TPSA) is 103 Å². The molecule has 1 aromatic carbocycles. The van der Waals surface area contributed by atoms with Gasteiger partial charge in [-0.2, -0.15) is 0 Å². The molecule has 0 bridgehead atoms. The van der Waals surface area contributed by atoms with E-state index < -0.39 is 5.91 Å². The molecular weight excluding hydrogens is 290 g/mol. The molecule has 120 valence electrons. The molecule has 2 rings (SSSR count). The summed E-state index contributed by atoms with van der Waals surface area (Å²) in [6.07, 6.45) is 0. The fraction of sp³-hybridized carbons (Fsp3) is 0.429. The molecule has 0 saturated heterocycles. The van der Waals surface area contributed by atoms with Crippen molar-refractivity contribution in [1.82, 2.24) is 10.2 Å². The second kappa shape index (κ2) is 7.51. The van der Waals surface area contributed by atoms with Crippen LogP contribution >= 0.6 is 0 Å². The number of likely N-dealkylation sites (N-methyl/N-ethyl adjacent to an activating group) is 1.